The number of rotatable bonds is 5. The molecule has 0 atom stereocenters. The molecule has 160 valence electrons. The van der Waals surface area contributed by atoms with Crippen molar-refractivity contribution < 1.29 is 26.7 Å². The summed E-state index contributed by atoms with van der Waals surface area (Å²) in [6.45, 7) is 1.86. The molecule has 9 nitrogen and oxygen atoms in total. The number of sulfone groups is 1. The summed E-state index contributed by atoms with van der Waals surface area (Å²) in [4.78, 5) is 14.1. The summed E-state index contributed by atoms with van der Waals surface area (Å²) in [5.74, 6) is 0.186. The topological polar surface area (TPSA) is 99.4 Å². The van der Waals surface area contributed by atoms with Gasteiger partial charge in [-0.15, -0.1) is 0 Å². The fourth-order valence-corrected chi connectivity index (χ4v) is 3.74. The summed E-state index contributed by atoms with van der Waals surface area (Å²) >= 11 is 0. The molecule has 3 heterocycles. The van der Waals surface area contributed by atoms with Gasteiger partial charge in [-0.1, -0.05) is 0 Å². The zero-order valence-corrected chi connectivity index (χ0v) is 17.1. The van der Waals surface area contributed by atoms with Gasteiger partial charge in [-0.25, -0.2) is 32.2 Å². The molecule has 0 radical (unpaired) electrons. The largest absolute Gasteiger partial charge is 0.497 e. The first kappa shape index (κ1) is 20.4. The van der Waals surface area contributed by atoms with Crippen molar-refractivity contribution in [2.45, 2.75) is 11.6 Å². The van der Waals surface area contributed by atoms with Crippen LogP contribution in [-0.4, -0.2) is 67.6 Å². The van der Waals surface area contributed by atoms with Gasteiger partial charge in [0.05, 0.1) is 31.4 Å². The standard InChI is InChI=1S/C18H19F2N5O4S/c1-28-11-3-4-12-13(9-11)25(17(21-12)16(19)20)15-10-14(24-5-7-29-8-6-24)22-18(23-15)30(2,26)27/h3-4,9-10,16H,5-8H2,1-2H3. The molecule has 0 spiro atoms. The van der Waals surface area contributed by atoms with E-state index in [9.17, 15) is 17.2 Å². The summed E-state index contributed by atoms with van der Waals surface area (Å²) < 4.78 is 63.7. The van der Waals surface area contributed by atoms with E-state index in [1.807, 2.05) is 4.90 Å². The SMILES string of the molecule is COc1ccc2nc(C(F)F)n(-c3cc(N4CCOCC4)nc(S(C)(=O)=O)n3)c2c1. The van der Waals surface area contributed by atoms with Crippen LogP contribution in [0.1, 0.15) is 12.2 Å². The number of imidazole rings is 1. The third kappa shape index (κ3) is 3.79. The van der Waals surface area contributed by atoms with Gasteiger partial charge < -0.3 is 14.4 Å². The molecule has 3 aromatic rings. The second-order valence-electron chi connectivity index (χ2n) is 6.70. The fourth-order valence-electron chi connectivity index (χ4n) is 3.22. The van der Waals surface area contributed by atoms with E-state index in [0.29, 0.717) is 48.9 Å². The van der Waals surface area contributed by atoms with Crippen LogP contribution in [0.2, 0.25) is 0 Å². The lowest BCUT2D eigenvalue weighted by atomic mass is 10.3. The van der Waals surface area contributed by atoms with E-state index in [-0.39, 0.29) is 5.82 Å². The predicted molar refractivity (Wildman–Crippen MR) is 104 cm³/mol. The van der Waals surface area contributed by atoms with E-state index in [0.717, 1.165) is 10.8 Å². The van der Waals surface area contributed by atoms with E-state index < -0.39 is 27.2 Å². The molecule has 2 aromatic heterocycles. The van der Waals surface area contributed by atoms with Gasteiger partial charge in [0.1, 0.15) is 17.4 Å². The maximum absolute atomic E-state index is 13.8. The highest BCUT2D eigenvalue weighted by atomic mass is 32.2. The first-order chi connectivity index (χ1) is 14.3. The molecule has 0 N–H and O–H groups in total. The third-order valence-corrected chi connectivity index (χ3v) is 5.50. The van der Waals surface area contributed by atoms with Crippen LogP contribution in [0.5, 0.6) is 5.75 Å². The molecule has 1 aromatic carbocycles. The quantitative estimate of drug-likeness (QED) is 0.557. The van der Waals surface area contributed by atoms with Gasteiger partial charge in [-0.3, -0.25) is 4.57 Å². The van der Waals surface area contributed by atoms with Crippen molar-refractivity contribution in [2.24, 2.45) is 0 Å². The second-order valence-corrected chi connectivity index (χ2v) is 8.61. The second kappa shape index (κ2) is 7.76. The normalized spacial score (nSPS) is 15.2. The lowest BCUT2D eigenvalue weighted by Crippen LogP contribution is -2.37. The molecular formula is C18H19F2N5O4S. The highest BCUT2D eigenvalue weighted by molar-refractivity contribution is 7.90. The van der Waals surface area contributed by atoms with Gasteiger partial charge in [-0.05, 0) is 12.1 Å². The van der Waals surface area contributed by atoms with Gasteiger partial charge in [-0.2, -0.15) is 0 Å². The molecule has 1 aliphatic rings. The van der Waals surface area contributed by atoms with Crippen LogP contribution in [0.15, 0.2) is 29.4 Å². The molecule has 0 aliphatic carbocycles. The van der Waals surface area contributed by atoms with Crippen LogP contribution >= 0.6 is 0 Å². The number of halogens is 2. The van der Waals surface area contributed by atoms with Crippen molar-refractivity contribution in [1.29, 1.82) is 0 Å². The summed E-state index contributed by atoms with van der Waals surface area (Å²) in [6.07, 6.45) is -1.94. The molecule has 4 rings (SSSR count). The smallest absolute Gasteiger partial charge is 0.296 e. The van der Waals surface area contributed by atoms with E-state index in [4.69, 9.17) is 9.47 Å². The van der Waals surface area contributed by atoms with Crippen molar-refractivity contribution in [3.63, 3.8) is 0 Å². The Labute approximate surface area is 171 Å². The highest BCUT2D eigenvalue weighted by Gasteiger charge is 2.25. The number of benzene rings is 1. The minimum Gasteiger partial charge on any atom is -0.497 e. The number of alkyl halides is 2. The fraction of sp³-hybridized carbons (Fsp3) is 0.389. The Kier molecular flexibility index (Phi) is 5.28. The van der Waals surface area contributed by atoms with Gasteiger partial charge in [0.25, 0.3) is 11.6 Å². The zero-order valence-electron chi connectivity index (χ0n) is 16.2. The lowest BCUT2D eigenvalue weighted by molar-refractivity contribution is 0.122. The highest BCUT2D eigenvalue weighted by Crippen LogP contribution is 2.31. The Bertz CT molecular complexity index is 1190. The first-order valence-electron chi connectivity index (χ1n) is 9.04. The third-order valence-electron chi connectivity index (χ3n) is 4.66. The first-order valence-corrected chi connectivity index (χ1v) is 10.9. The maximum Gasteiger partial charge on any atom is 0.296 e. The summed E-state index contributed by atoms with van der Waals surface area (Å²) in [7, 11) is -2.35. The summed E-state index contributed by atoms with van der Waals surface area (Å²) in [5.41, 5.74) is 0.620. The van der Waals surface area contributed by atoms with Gasteiger partial charge in [0, 0.05) is 31.5 Å². The molecular weight excluding hydrogens is 420 g/mol. The summed E-state index contributed by atoms with van der Waals surface area (Å²) in [5, 5.41) is -0.452. The Morgan fingerprint density at radius 3 is 2.43 bits per heavy atom. The average molecular weight is 439 g/mol. The molecule has 0 saturated carbocycles. The van der Waals surface area contributed by atoms with Gasteiger partial charge in [0.15, 0.2) is 5.82 Å². The van der Waals surface area contributed by atoms with Crippen LogP contribution < -0.4 is 9.64 Å². The van der Waals surface area contributed by atoms with Crippen molar-refractivity contribution >= 4 is 26.7 Å². The molecule has 12 heteroatoms. The van der Waals surface area contributed by atoms with Gasteiger partial charge >= 0.3 is 0 Å². The molecule has 0 unspecified atom stereocenters. The molecule has 1 fully saturated rings. The number of anilines is 1. The maximum atomic E-state index is 13.8. The minimum atomic E-state index is -3.80. The van der Waals surface area contributed by atoms with Crippen LogP contribution in [0, 0.1) is 0 Å². The van der Waals surface area contributed by atoms with Crippen molar-refractivity contribution in [3.05, 3.63) is 30.1 Å². The number of morpholine rings is 1. The average Bonchev–Trinajstić information content (AvgIpc) is 3.12. The van der Waals surface area contributed by atoms with Crippen LogP contribution in [0.3, 0.4) is 0 Å². The van der Waals surface area contributed by atoms with Crippen molar-refractivity contribution in [3.8, 4) is 11.6 Å². The van der Waals surface area contributed by atoms with Crippen molar-refractivity contribution in [2.75, 3.05) is 44.6 Å². The molecule has 0 amide bonds. The van der Waals surface area contributed by atoms with Crippen LogP contribution in [-0.2, 0) is 14.6 Å². The van der Waals surface area contributed by atoms with E-state index in [1.54, 1.807) is 18.2 Å². The Morgan fingerprint density at radius 1 is 1.10 bits per heavy atom. The molecule has 1 saturated heterocycles. The number of ether oxygens (including phenoxy) is 2. The number of aromatic nitrogens is 4. The number of fused-ring (bicyclic) bond motifs is 1. The Morgan fingerprint density at radius 2 is 1.80 bits per heavy atom. The zero-order chi connectivity index (χ0) is 21.5. The molecule has 30 heavy (non-hydrogen) atoms. The minimum absolute atomic E-state index is 0.0158. The monoisotopic (exact) mass is 439 g/mol. The van der Waals surface area contributed by atoms with E-state index in [2.05, 4.69) is 15.0 Å². The Hall–Kier alpha value is -2.86. The molecule has 0 bridgehead atoms. The molecule has 1 aliphatic heterocycles. The van der Waals surface area contributed by atoms with Crippen LogP contribution in [0.4, 0.5) is 14.6 Å². The number of nitrogens with zero attached hydrogens (tertiary/aromatic N) is 5. The predicted octanol–water partition coefficient (Wildman–Crippen LogP) is 2.00. The summed E-state index contributed by atoms with van der Waals surface area (Å²) in [6, 6.07) is 6.19. The number of hydrogen-bond donors (Lipinski definition) is 0. The van der Waals surface area contributed by atoms with Crippen molar-refractivity contribution in [1.82, 2.24) is 19.5 Å². The lowest BCUT2D eigenvalue weighted by Gasteiger charge is -2.28. The Balaban J connectivity index is 1.99. The number of methoxy groups -OCH3 is 1. The van der Waals surface area contributed by atoms with E-state index in [1.165, 1.54) is 13.2 Å². The van der Waals surface area contributed by atoms with Gasteiger partial charge in [0.2, 0.25) is 9.84 Å². The number of hydrogen-bond acceptors (Lipinski definition) is 8. The van der Waals surface area contributed by atoms with E-state index >= 15 is 0 Å². The van der Waals surface area contributed by atoms with Crippen LogP contribution in [0.25, 0.3) is 16.9 Å².